The molecule has 1 saturated carbocycles. The number of rotatable bonds is 4. The van der Waals surface area contributed by atoms with Gasteiger partial charge >= 0.3 is 0 Å². The molecule has 0 radical (unpaired) electrons. The standard InChI is InChI=1S/C21H26N2O3.ClH/c1-13-3-7-19(14(2)9-13)25-12-16-5-8-20(26-16)21(24)23-10-15-4-6-18(22)17(15)11-23;/h3,5,7-9,15,17-18H,4,6,10-12,22H2,1-2H3;1H. The molecular formula is C21H27ClN2O3. The highest BCUT2D eigenvalue weighted by molar-refractivity contribution is 5.91. The minimum absolute atomic E-state index is 0. The van der Waals surface area contributed by atoms with Crippen LogP contribution in [0, 0.1) is 25.7 Å². The summed E-state index contributed by atoms with van der Waals surface area (Å²) in [7, 11) is 0. The number of fused-ring (bicyclic) bond motifs is 1. The lowest BCUT2D eigenvalue weighted by Crippen LogP contribution is -2.33. The molecule has 3 atom stereocenters. The van der Waals surface area contributed by atoms with Crippen LogP contribution in [0.2, 0.25) is 0 Å². The average Bonchev–Trinajstić information content (AvgIpc) is 3.31. The van der Waals surface area contributed by atoms with E-state index in [9.17, 15) is 4.79 Å². The van der Waals surface area contributed by atoms with E-state index in [-0.39, 0.29) is 24.4 Å². The molecule has 1 aromatic heterocycles. The zero-order valence-corrected chi connectivity index (χ0v) is 16.6. The molecule has 1 aliphatic heterocycles. The predicted molar refractivity (Wildman–Crippen MR) is 106 cm³/mol. The molecule has 27 heavy (non-hydrogen) atoms. The maximum absolute atomic E-state index is 12.7. The Balaban J connectivity index is 0.00000210. The van der Waals surface area contributed by atoms with Crippen molar-refractivity contribution in [2.24, 2.45) is 17.6 Å². The van der Waals surface area contributed by atoms with E-state index in [1.807, 2.05) is 30.0 Å². The highest BCUT2D eigenvalue weighted by atomic mass is 35.5. The summed E-state index contributed by atoms with van der Waals surface area (Å²) in [4.78, 5) is 14.6. The summed E-state index contributed by atoms with van der Waals surface area (Å²) in [6.07, 6.45) is 2.21. The van der Waals surface area contributed by atoms with Crippen LogP contribution in [0.15, 0.2) is 34.7 Å². The molecule has 1 saturated heterocycles. The first-order valence-corrected chi connectivity index (χ1v) is 9.35. The Bertz CT molecular complexity index is 820. The number of carbonyl (C=O) groups excluding carboxylic acids is 1. The third kappa shape index (κ3) is 3.99. The summed E-state index contributed by atoms with van der Waals surface area (Å²) in [6.45, 7) is 5.94. The molecule has 2 heterocycles. The van der Waals surface area contributed by atoms with Crippen molar-refractivity contribution in [1.29, 1.82) is 0 Å². The van der Waals surface area contributed by atoms with Crippen LogP contribution >= 0.6 is 12.4 Å². The Hall–Kier alpha value is -1.98. The number of nitrogens with two attached hydrogens (primary N) is 1. The number of aryl methyl sites for hydroxylation is 2. The van der Waals surface area contributed by atoms with E-state index in [4.69, 9.17) is 14.9 Å². The molecule has 0 spiro atoms. The lowest BCUT2D eigenvalue weighted by Gasteiger charge is -2.17. The molecule has 4 rings (SSSR count). The summed E-state index contributed by atoms with van der Waals surface area (Å²) in [5, 5.41) is 0. The largest absolute Gasteiger partial charge is 0.485 e. The van der Waals surface area contributed by atoms with Crippen molar-refractivity contribution in [2.45, 2.75) is 39.3 Å². The van der Waals surface area contributed by atoms with Gasteiger partial charge in [0.25, 0.3) is 5.91 Å². The quantitative estimate of drug-likeness (QED) is 0.864. The molecule has 2 aliphatic rings. The maximum Gasteiger partial charge on any atom is 0.289 e. The number of amides is 1. The van der Waals surface area contributed by atoms with Gasteiger partial charge in [-0.25, -0.2) is 0 Å². The fraction of sp³-hybridized carbons (Fsp3) is 0.476. The van der Waals surface area contributed by atoms with E-state index in [1.165, 1.54) is 5.56 Å². The number of nitrogens with zero attached hydrogens (tertiary/aromatic N) is 1. The third-order valence-corrected chi connectivity index (χ3v) is 5.77. The molecule has 2 N–H and O–H groups in total. The number of likely N-dealkylation sites (tertiary alicyclic amines) is 1. The second kappa shape index (κ2) is 7.95. The predicted octanol–water partition coefficient (Wildman–Crippen LogP) is 3.71. The van der Waals surface area contributed by atoms with Crippen LogP contribution < -0.4 is 10.5 Å². The second-order valence-electron chi connectivity index (χ2n) is 7.70. The number of halogens is 1. The second-order valence-corrected chi connectivity index (χ2v) is 7.70. The molecule has 5 nitrogen and oxygen atoms in total. The van der Waals surface area contributed by atoms with Crippen molar-refractivity contribution in [1.82, 2.24) is 4.90 Å². The van der Waals surface area contributed by atoms with Crippen molar-refractivity contribution in [3.8, 4) is 5.75 Å². The zero-order chi connectivity index (χ0) is 18.3. The fourth-order valence-electron chi connectivity index (χ4n) is 4.31. The number of hydrogen-bond donors (Lipinski definition) is 1. The summed E-state index contributed by atoms with van der Waals surface area (Å²) >= 11 is 0. The van der Waals surface area contributed by atoms with Gasteiger partial charge < -0.3 is 19.8 Å². The molecule has 2 fully saturated rings. The number of hydrogen-bond acceptors (Lipinski definition) is 4. The fourth-order valence-corrected chi connectivity index (χ4v) is 4.31. The van der Waals surface area contributed by atoms with Crippen LogP contribution in [0.5, 0.6) is 5.75 Å². The van der Waals surface area contributed by atoms with Crippen LogP contribution in [0.4, 0.5) is 0 Å². The number of benzene rings is 1. The summed E-state index contributed by atoms with van der Waals surface area (Å²) in [5.74, 6) is 2.84. The summed E-state index contributed by atoms with van der Waals surface area (Å²) in [5.41, 5.74) is 8.46. The highest BCUT2D eigenvalue weighted by Crippen LogP contribution is 2.37. The van der Waals surface area contributed by atoms with Crippen molar-refractivity contribution < 1.29 is 13.9 Å². The maximum atomic E-state index is 12.7. The van der Waals surface area contributed by atoms with E-state index in [2.05, 4.69) is 13.0 Å². The molecule has 1 aliphatic carbocycles. The van der Waals surface area contributed by atoms with Crippen LogP contribution in [0.1, 0.15) is 40.3 Å². The summed E-state index contributed by atoms with van der Waals surface area (Å²) < 4.78 is 11.6. The van der Waals surface area contributed by atoms with E-state index in [1.54, 1.807) is 6.07 Å². The minimum atomic E-state index is -0.0376. The smallest absolute Gasteiger partial charge is 0.289 e. The van der Waals surface area contributed by atoms with Gasteiger partial charge in [0.2, 0.25) is 0 Å². The molecule has 6 heteroatoms. The Labute approximate surface area is 166 Å². The van der Waals surface area contributed by atoms with Crippen molar-refractivity contribution >= 4 is 18.3 Å². The van der Waals surface area contributed by atoms with Crippen molar-refractivity contribution in [3.05, 3.63) is 53.0 Å². The van der Waals surface area contributed by atoms with E-state index < -0.39 is 0 Å². The molecule has 146 valence electrons. The lowest BCUT2D eigenvalue weighted by molar-refractivity contribution is 0.0743. The van der Waals surface area contributed by atoms with Crippen molar-refractivity contribution in [3.63, 3.8) is 0 Å². The molecule has 1 amide bonds. The number of furan rings is 1. The van der Waals surface area contributed by atoms with Crippen LogP contribution in [-0.4, -0.2) is 29.9 Å². The van der Waals surface area contributed by atoms with Gasteiger partial charge in [-0.3, -0.25) is 4.79 Å². The molecule has 3 unspecified atom stereocenters. The zero-order valence-electron chi connectivity index (χ0n) is 15.8. The lowest BCUT2D eigenvalue weighted by atomic mass is 9.98. The molecule has 2 aromatic rings. The average molecular weight is 391 g/mol. The first-order valence-electron chi connectivity index (χ1n) is 9.35. The van der Waals surface area contributed by atoms with Gasteiger partial charge in [-0.05, 0) is 62.3 Å². The number of ether oxygens (including phenoxy) is 1. The number of carbonyl (C=O) groups is 1. The Morgan fingerprint density at radius 2 is 2.04 bits per heavy atom. The van der Waals surface area contributed by atoms with E-state index in [0.29, 0.717) is 30.0 Å². The SMILES string of the molecule is Cc1ccc(OCc2ccc(C(=O)N3CC4CCC(N)C4C3)o2)c(C)c1.Cl. The van der Waals surface area contributed by atoms with Gasteiger partial charge in [-0.15, -0.1) is 12.4 Å². The van der Waals surface area contributed by atoms with Gasteiger partial charge in [-0.2, -0.15) is 0 Å². The van der Waals surface area contributed by atoms with Gasteiger partial charge in [-0.1, -0.05) is 17.7 Å². The molecule has 1 aromatic carbocycles. The third-order valence-electron chi connectivity index (χ3n) is 5.77. The van der Waals surface area contributed by atoms with E-state index >= 15 is 0 Å². The van der Waals surface area contributed by atoms with Gasteiger partial charge in [0, 0.05) is 19.1 Å². The normalized spacial score (nSPS) is 23.8. The first kappa shape index (κ1) is 19.8. The molecular weight excluding hydrogens is 364 g/mol. The Kier molecular flexibility index (Phi) is 5.82. The first-order chi connectivity index (χ1) is 12.5. The van der Waals surface area contributed by atoms with E-state index in [0.717, 1.165) is 37.2 Å². The van der Waals surface area contributed by atoms with Gasteiger partial charge in [0.05, 0.1) is 0 Å². The highest BCUT2D eigenvalue weighted by Gasteiger charge is 2.43. The minimum Gasteiger partial charge on any atom is -0.485 e. The monoisotopic (exact) mass is 390 g/mol. The van der Waals surface area contributed by atoms with Crippen LogP contribution in [0.3, 0.4) is 0 Å². The summed E-state index contributed by atoms with van der Waals surface area (Å²) in [6, 6.07) is 9.87. The Morgan fingerprint density at radius 1 is 1.22 bits per heavy atom. The van der Waals surface area contributed by atoms with Crippen LogP contribution in [0.25, 0.3) is 0 Å². The van der Waals surface area contributed by atoms with Crippen LogP contribution in [-0.2, 0) is 6.61 Å². The molecule has 0 bridgehead atoms. The van der Waals surface area contributed by atoms with Gasteiger partial charge in [0.15, 0.2) is 5.76 Å². The topological polar surface area (TPSA) is 68.7 Å². The van der Waals surface area contributed by atoms with Gasteiger partial charge in [0.1, 0.15) is 18.1 Å². The van der Waals surface area contributed by atoms with Crippen molar-refractivity contribution in [2.75, 3.05) is 13.1 Å². The Morgan fingerprint density at radius 3 is 2.78 bits per heavy atom.